The van der Waals surface area contributed by atoms with Gasteiger partial charge in [-0.25, -0.2) is 17.7 Å². The molecule has 6 aromatic rings. The van der Waals surface area contributed by atoms with Crippen LogP contribution in [0, 0.1) is 0 Å². The monoisotopic (exact) mass is 672 g/mol. The first-order valence-electron chi connectivity index (χ1n) is 13.8. The van der Waals surface area contributed by atoms with E-state index in [-0.39, 0.29) is 16.6 Å². The van der Waals surface area contributed by atoms with Crippen LogP contribution in [0.1, 0.15) is 5.56 Å². The number of para-hydroxylation sites is 2. The molecule has 228 valence electrons. The quantitative estimate of drug-likeness (QED) is 0.149. The van der Waals surface area contributed by atoms with Gasteiger partial charge < -0.3 is 5.32 Å². The number of anilines is 1. The molecule has 0 fully saturated rings. The Bertz CT molecular complexity index is 2030. The van der Waals surface area contributed by atoms with E-state index in [1.807, 2.05) is 65.2 Å². The Morgan fingerprint density at radius 1 is 0.889 bits per heavy atom. The highest BCUT2D eigenvalue weighted by Gasteiger charge is 2.19. The van der Waals surface area contributed by atoms with Crippen molar-refractivity contribution >= 4 is 66.7 Å². The first-order chi connectivity index (χ1) is 21.8. The lowest BCUT2D eigenvalue weighted by Gasteiger charge is -2.13. The van der Waals surface area contributed by atoms with Gasteiger partial charge in [-0.15, -0.1) is 21.5 Å². The summed E-state index contributed by atoms with van der Waals surface area (Å²) in [6, 6.07) is 32.4. The van der Waals surface area contributed by atoms with Crippen molar-refractivity contribution in [1.29, 1.82) is 0 Å². The molecule has 4 aromatic carbocycles. The third-order valence-corrected chi connectivity index (χ3v) is 11.7. The maximum atomic E-state index is 12.9. The fourth-order valence-corrected chi connectivity index (χ4v) is 8.16. The van der Waals surface area contributed by atoms with Crippen LogP contribution >= 0.6 is 34.9 Å². The van der Waals surface area contributed by atoms with Gasteiger partial charge >= 0.3 is 0 Å². The van der Waals surface area contributed by atoms with Crippen LogP contribution in [0.25, 0.3) is 27.3 Å². The number of hydrogen-bond acceptors (Lipinski definition) is 9. The number of nitrogens with zero attached hydrogens (tertiary/aromatic N) is 5. The number of carbonyl (C=O) groups excluding carboxylic acids is 1. The highest BCUT2D eigenvalue weighted by molar-refractivity contribution is 8.00. The van der Waals surface area contributed by atoms with Gasteiger partial charge in [0.25, 0.3) is 0 Å². The molecule has 0 unspecified atom stereocenters. The zero-order valence-electron chi connectivity index (χ0n) is 24.3. The van der Waals surface area contributed by atoms with Crippen LogP contribution in [0.5, 0.6) is 0 Å². The number of nitrogens with one attached hydrogen (secondary N) is 1. The first-order valence-corrected chi connectivity index (χ1v) is 18.0. The van der Waals surface area contributed by atoms with E-state index < -0.39 is 10.0 Å². The molecule has 2 heterocycles. The summed E-state index contributed by atoms with van der Waals surface area (Å²) >= 11 is 4.67. The third-order valence-electron chi connectivity index (χ3n) is 6.73. The maximum Gasteiger partial charge on any atom is 0.242 e. The summed E-state index contributed by atoms with van der Waals surface area (Å²) in [7, 11) is -0.692. The van der Waals surface area contributed by atoms with Gasteiger partial charge in [-0.3, -0.25) is 9.36 Å². The van der Waals surface area contributed by atoms with Crippen molar-refractivity contribution in [1.82, 2.24) is 24.1 Å². The summed E-state index contributed by atoms with van der Waals surface area (Å²) in [6.07, 6.45) is 0. The number of thiazole rings is 1. The van der Waals surface area contributed by atoms with Crippen molar-refractivity contribution in [2.45, 2.75) is 20.1 Å². The Labute approximate surface area is 273 Å². The fraction of sp³-hybridized carbons (Fsp3) is 0.125. The second-order valence-corrected chi connectivity index (χ2v) is 15.4. The van der Waals surface area contributed by atoms with Crippen LogP contribution in [0.4, 0.5) is 5.69 Å². The number of benzene rings is 4. The molecule has 0 saturated carbocycles. The molecule has 1 amide bonds. The van der Waals surface area contributed by atoms with Gasteiger partial charge in [0.1, 0.15) is 0 Å². The molecule has 13 heteroatoms. The van der Waals surface area contributed by atoms with Crippen LogP contribution in [0.2, 0.25) is 0 Å². The minimum Gasteiger partial charge on any atom is -0.325 e. The molecule has 6 rings (SSSR count). The molecular formula is C32H28N6O3S4. The molecule has 45 heavy (non-hydrogen) atoms. The molecular weight excluding hydrogens is 645 g/mol. The van der Waals surface area contributed by atoms with Gasteiger partial charge in [0, 0.05) is 36.8 Å². The molecule has 0 aliphatic heterocycles. The Kier molecular flexibility index (Phi) is 9.33. The average Bonchev–Trinajstić information content (AvgIpc) is 3.68. The Balaban J connectivity index is 1.16. The van der Waals surface area contributed by atoms with Crippen molar-refractivity contribution in [3.05, 3.63) is 109 Å². The summed E-state index contributed by atoms with van der Waals surface area (Å²) in [6.45, 7) is 0. The van der Waals surface area contributed by atoms with Gasteiger partial charge in [-0.05, 0) is 48.0 Å². The minimum atomic E-state index is -3.62. The van der Waals surface area contributed by atoms with Crippen LogP contribution in [0.15, 0.2) is 118 Å². The van der Waals surface area contributed by atoms with Crippen molar-refractivity contribution in [2.24, 2.45) is 0 Å². The Hall–Kier alpha value is -4.01. The summed E-state index contributed by atoms with van der Waals surface area (Å²) < 4.78 is 30.3. The molecule has 9 nitrogen and oxygen atoms in total. The van der Waals surface area contributed by atoms with Gasteiger partial charge in [0.15, 0.2) is 15.3 Å². The third kappa shape index (κ3) is 7.13. The molecule has 1 N–H and O–H groups in total. The van der Waals surface area contributed by atoms with Crippen LogP contribution in [-0.2, 0) is 20.6 Å². The summed E-state index contributed by atoms with van der Waals surface area (Å²) in [5.74, 6) is 1.22. The van der Waals surface area contributed by atoms with E-state index in [0.29, 0.717) is 16.7 Å². The topological polar surface area (TPSA) is 110 Å². The SMILES string of the molecule is CN(C)S(=O)(=O)c1cccc(NC(=O)CSc2nnc(-c3ccc(CSc4nc5ccccc5s4)cc3)n2-c2ccccc2)c1. The second kappa shape index (κ2) is 13.5. The molecule has 0 saturated heterocycles. The van der Waals surface area contributed by atoms with Crippen molar-refractivity contribution in [3.63, 3.8) is 0 Å². The van der Waals surface area contributed by atoms with Crippen molar-refractivity contribution in [2.75, 3.05) is 25.2 Å². The van der Waals surface area contributed by atoms with Crippen molar-refractivity contribution < 1.29 is 13.2 Å². The van der Waals surface area contributed by atoms with E-state index in [2.05, 4.69) is 33.7 Å². The lowest BCUT2D eigenvalue weighted by atomic mass is 10.1. The first kappa shape index (κ1) is 31.0. The number of aromatic nitrogens is 4. The van der Waals surface area contributed by atoms with Crippen LogP contribution in [-0.4, -0.2) is 58.2 Å². The highest BCUT2D eigenvalue weighted by Crippen LogP contribution is 2.33. The molecule has 0 atom stereocenters. The molecule has 0 aliphatic carbocycles. The van der Waals surface area contributed by atoms with E-state index in [1.54, 1.807) is 35.2 Å². The largest absolute Gasteiger partial charge is 0.325 e. The zero-order chi connectivity index (χ0) is 31.4. The summed E-state index contributed by atoms with van der Waals surface area (Å²) in [5, 5.41) is 12.3. The number of amides is 1. The predicted molar refractivity (Wildman–Crippen MR) is 183 cm³/mol. The molecule has 0 radical (unpaired) electrons. The molecule has 2 aromatic heterocycles. The van der Waals surface area contributed by atoms with E-state index in [4.69, 9.17) is 4.98 Å². The number of thioether (sulfide) groups is 2. The van der Waals surface area contributed by atoms with Gasteiger partial charge in [-0.2, -0.15) is 0 Å². The van der Waals surface area contributed by atoms with Crippen LogP contribution < -0.4 is 5.32 Å². The van der Waals surface area contributed by atoms with E-state index in [9.17, 15) is 13.2 Å². The van der Waals surface area contributed by atoms with Gasteiger partial charge in [-0.1, -0.05) is 84.2 Å². The number of sulfonamides is 1. The Morgan fingerprint density at radius 2 is 1.64 bits per heavy atom. The summed E-state index contributed by atoms with van der Waals surface area (Å²) in [4.78, 5) is 17.7. The number of fused-ring (bicyclic) bond motifs is 1. The predicted octanol–water partition coefficient (Wildman–Crippen LogP) is 6.82. The number of carbonyl (C=O) groups is 1. The molecule has 0 bridgehead atoms. The molecule has 0 spiro atoms. The second-order valence-electron chi connectivity index (χ2n) is 10.1. The van der Waals surface area contributed by atoms with E-state index in [1.165, 1.54) is 48.3 Å². The standard InChI is InChI=1S/C32H28N6O3S4/c1-37(2)45(40,41)26-12-8-9-24(19-26)33-29(39)21-42-31-36-35-30(38(31)25-10-4-3-5-11-25)23-17-15-22(16-18-23)20-43-32-34-27-13-6-7-14-28(27)44-32/h3-19H,20-21H2,1-2H3,(H,33,39). The maximum absolute atomic E-state index is 12.9. The fourth-order valence-electron chi connectivity index (χ4n) is 4.44. The highest BCUT2D eigenvalue weighted by atomic mass is 32.2. The van der Waals surface area contributed by atoms with Crippen LogP contribution in [0.3, 0.4) is 0 Å². The number of rotatable bonds is 11. The Morgan fingerprint density at radius 3 is 2.40 bits per heavy atom. The minimum absolute atomic E-state index is 0.0531. The lowest BCUT2D eigenvalue weighted by molar-refractivity contribution is -0.113. The van der Waals surface area contributed by atoms with E-state index >= 15 is 0 Å². The van der Waals surface area contributed by atoms with Crippen molar-refractivity contribution in [3.8, 4) is 17.1 Å². The van der Waals surface area contributed by atoms with Gasteiger partial charge in [0.05, 0.1) is 20.9 Å². The summed E-state index contributed by atoms with van der Waals surface area (Å²) in [5.41, 5.74) is 4.36. The zero-order valence-corrected chi connectivity index (χ0v) is 27.6. The normalized spacial score (nSPS) is 11.7. The smallest absolute Gasteiger partial charge is 0.242 e. The number of hydrogen-bond donors (Lipinski definition) is 1. The average molecular weight is 673 g/mol. The van der Waals surface area contributed by atoms with Gasteiger partial charge in [0.2, 0.25) is 15.9 Å². The van der Waals surface area contributed by atoms with E-state index in [0.717, 1.165) is 31.2 Å². The lowest BCUT2D eigenvalue weighted by Crippen LogP contribution is -2.22. The molecule has 0 aliphatic rings.